The molecule has 2 aromatic rings. The molecular formula is C20H28ClN5. The number of anilines is 1. The van der Waals surface area contributed by atoms with Gasteiger partial charge in [-0.1, -0.05) is 24.1 Å². The predicted molar refractivity (Wildman–Crippen MR) is 106 cm³/mol. The SMILES string of the molecule is Clc1cccc(N2CCCC2)c1CNCCc1nnc2n1CCCCC2. The van der Waals surface area contributed by atoms with Gasteiger partial charge in [0.25, 0.3) is 0 Å². The van der Waals surface area contributed by atoms with Gasteiger partial charge in [-0.15, -0.1) is 10.2 Å². The topological polar surface area (TPSA) is 46.0 Å². The lowest BCUT2D eigenvalue weighted by molar-refractivity contribution is 0.587. The van der Waals surface area contributed by atoms with E-state index in [4.69, 9.17) is 11.6 Å². The second-order valence-electron chi connectivity index (χ2n) is 7.35. The van der Waals surface area contributed by atoms with E-state index in [0.29, 0.717) is 0 Å². The monoisotopic (exact) mass is 373 g/mol. The molecule has 1 aromatic carbocycles. The molecule has 26 heavy (non-hydrogen) atoms. The fourth-order valence-electron chi connectivity index (χ4n) is 4.12. The van der Waals surface area contributed by atoms with Gasteiger partial charge in [0, 0.05) is 61.8 Å². The van der Waals surface area contributed by atoms with Crippen molar-refractivity contribution in [3.8, 4) is 0 Å². The summed E-state index contributed by atoms with van der Waals surface area (Å²) < 4.78 is 2.33. The van der Waals surface area contributed by atoms with Crippen molar-refractivity contribution in [3.63, 3.8) is 0 Å². The number of hydrogen-bond donors (Lipinski definition) is 1. The molecule has 0 bridgehead atoms. The van der Waals surface area contributed by atoms with Crippen LogP contribution in [0.1, 0.15) is 49.3 Å². The number of benzene rings is 1. The Bertz CT molecular complexity index is 736. The molecule has 5 nitrogen and oxygen atoms in total. The van der Waals surface area contributed by atoms with Crippen molar-refractivity contribution in [2.24, 2.45) is 0 Å². The molecule has 0 amide bonds. The summed E-state index contributed by atoms with van der Waals surface area (Å²) in [5.74, 6) is 2.29. The Morgan fingerprint density at radius 1 is 1.00 bits per heavy atom. The Kier molecular flexibility index (Phi) is 5.75. The second-order valence-corrected chi connectivity index (χ2v) is 7.76. The van der Waals surface area contributed by atoms with E-state index < -0.39 is 0 Å². The molecule has 0 saturated carbocycles. The van der Waals surface area contributed by atoms with Crippen LogP contribution in [-0.2, 0) is 25.9 Å². The summed E-state index contributed by atoms with van der Waals surface area (Å²) in [5.41, 5.74) is 2.51. The van der Waals surface area contributed by atoms with E-state index in [1.807, 2.05) is 6.07 Å². The lowest BCUT2D eigenvalue weighted by atomic mass is 10.1. The molecule has 6 heteroatoms. The highest BCUT2D eigenvalue weighted by molar-refractivity contribution is 6.31. The first-order valence-electron chi connectivity index (χ1n) is 9.97. The zero-order chi connectivity index (χ0) is 17.8. The average Bonchev–Trinajstić information content (AvgIpc) is 3.25. The van der Waals surface area contributed by atoms with Gasteiger partial charge < -0.3 is 14.8 Å². The Hall–Kier alpha value is -1.59. The minimum Gasteiger partial charge on any atom is -0.371 e. The molecule has 3 heterocycles. The van der Waals surface area contributed by atoms with Gasteiger partial charge >= 0.3 is 0 Å². The maximum absolute atomic E-state index is 6.51. The molecule has 1 saturated heterocycles. The largest absolute Gasteiger partial charge is 0.371 e. The van der Waals surface area contributed by atoms with E-state index in [2.05, 4.69) is 37.1 Å². The molecule has 0 aliphatic carbocycles. The number of aryl methyl sites for hydroxylation is 1. The summed E-state index contributed by atoms with van der Waals surface area (Å²) in [6.07, 6.45) is 8.31. The van der Waals surface area contributed by atoms with E-state index in [-0.39, 0.29) is 0 Å². The van der Waals surface area contributed by atoms with Gasteiger partial charge in [-0.25, -0.2) is 0 Å². The minimum atomic E-state index is 0.798. The lowest BCUT2D eigenvalue weighted by Crippen LogP contribution is -2.23. The highest BCUT2D eigenvalue weighted by Gasteiger charge is 2.18. The van der Waals surface area contributed by atoms with Crippen LogP contribution in [0.5, 0.6) is 0 Å². The fourth-order valence-corrected chi connectivity index (χ4v) is 4.36. The number of hydrogen-bond acceptors (Lipinski definition) is 4. The van der Waals surface area contributed by atoms with Crippen molar-refractivity contribution in [1.29, 1.82) is 0 Å². The summed E-state index contributed by atoms with van der Waals surface area (Å²) in [5, 5.41) is 13.2. The van der Waals surface area contributed by atoms with Gasteiger partial charge in [0.05, 0.1) is 0 Å². The van der Waals surface area contributed by atoms with Crippen LogP contribution in [-0.4, -0.2) is 34.4 Å². The smallest absolute Gasteiger partial charge is 0.134 e. The van der Waals surface area contributed by atoms with Crippen LogP contribution in [0.4, 0.5) is 5.69 Å². The quantitative estimate of drug-likeness (QED) is 0.786. The van der Waals surface area contributed by atoms with Crippen molar-refractivity contribution >= 4 is 17.3 Å². The normalized spacial score (nSPS) is 17.3. The highest BCUT2D eigenvalue weighted by Crippen LogP contribution is 2.29. The maximum atomic E-state index is 6.51. The van der Waals surface area contributed by atoms with Crippen LogP contribution in [0.3, 0.4) is 0 Å². The third kappa shape index (κ3) is 3.89. The molecule has 0 spiro atoms. The summed E-state index contributed by atoms with van der Waals surface area (Å²) in [6.45, 7) is 5.04. The summed E-state index contributed by atoms with van der Waals surface area (Å²) >= 11 is 6.51. The maximum Gasteiger partial charge on any atom is 0.134 e. The van der Waals surface area contributed by atoms with Gasteiger partial charge in [-0.3, -0.25) is 0 Å². The van der Waals surface area contributed by atoms with Gasteiger partial charge in [0.1, 0.15) is 11.6 Å². The van der Waals surface area contributed by atoms with Gasteiger partial charge in [0.15, 0.2) is 0 Å². The Labute approximate surface area is 160 Å². The molecule has 0 radical (unpaired) electrons. The number of nitrogens with zero attached hydrogens (tertiary/aromatic N) is 4. The van der Waals surface area contributed by atoms with E-state index in [0.717, 1.165) is 56.4 Å². The Morgan fingerprint density at radius 2 is 1.85 bits per heavy atom. The van der Waals surface area contributed by atoms with Crippen LogP contribution in [0, 0.1) is 0 Å². The van der Waals surface area contributed by atoms with Crippen molar-refractivity contribution in [2.45, 2.75) is 58.0 Å². The second kappa shape index (κ2) is 8.40. The molecule has 0 unspecified atom stereocenters. The molecule has 140 valence electrons. The first-order chi connectivity index (χ1) is 12.8. The first-order valence-corrected chi connectivity index (χ1v) is 10.3. The summed E-state index contributed by atoms with van der Waals surface area (Å²) in [7, 11) is 0. The van der Waals surface area contributed by atoms with Crippen molar-refractivity contribution in [2.75, 3.05) is 24.5 Å². The van der Waals surface area contributed by atoms with Crippen molar-refractivity contribution in [1.82, 2.24) is 20.1 Å². The summed E-state index contributed by atoms with van der Waals surface area (Å²) in [4.78, 5) is 2.46. The number of aromatic nitrogens is 3. The zero-order valence-corrected chi connectivity index (χ0v) is 16.1. The van der Waals surface area contributed by atoms with Crippen LogP contribution in [0.2, 0.25) is 5.02 Å². The van der Waals surface area contributed by atoms with E-state index >= 15 is 0 Å². The third-order valence-corrected chi connectivity index (χ3v) is 5.91. The zero-order valence-electron chi connectivity index (χ0n) is 15.4. The fraction of sp³-hybridized carbons (Fsp3) is 0.600. The molecule has 1 aromatic heterocycles. The van der Waals surface area contributed by atoms with E-state index in [1.165, 1.54) is 49.2 Å². The van der Waals surface area contributed by atoms with Crippen LogP contribution in [0.25, 0.3) is 0 Å². The van der Waals surface area contributed by atoms with Gasteiger partial charge in [-0.2, -0.15) is 0 Å². The van der Waals surface area contributed by atoms with Crippen LogP contribution in [0.15, 0.2) is 18.2 Å². The highest BCUT2D eigenvalue weighted by atomic mass is 35.5. The minimum absolute atomic E-state index is 0.798. The summed E-state index contributed by atoms with van der Waals surface area (Å²) in [6, 6.07) is 6.26. The van der Waals surface area contributed by atoms with Gasteiger partial charge in [-0.05, 0) is 37.8 Å². The van der Waals surface area contributed by atoms with E-state index in [1.54, 1.807) is 0 Å². The number of fused-ring (bicyclic) bond motifs is 1. The van der Waals surface area contributed by atoms with Crippen molar-refractivity contribution in [3.05, 3.63) is 40.4 Å². The molecule has 1 N–H and O–H groups in total. The van der Waals surface area contributed by atoms with Crippen molar-refractivity contribution < 1.29 is 0 Å². The third-order valence-electron chi connectivity index (χ3n) is 5.55. The number of halogens is 1. The van der Waals surface area contributed by atoms with Gasteiger partial charge in [0.2, 0.25) is 0 Å². The van der Waals surface area contributed by atoms with E-state index in [9.17, 15) is 0 Å². The molecule has 0 atom stereocenters. The standard InChI is InChI=1S/C20H28ClN5/c21-17-7-6-8-18(25-12-4-5-13-25)16(17)15-22-11-10-20-24-23-19-9-2-1-3-14-26(19)20/h6-8,22H,1-5,9-15H2. The lowest BCUT2D eigenvalue weighted by Gasteiger charge is -2.22. The average molecular weight is 374 g/mol. The first kappa shape index (κ1) is 17.8. The Morgan fingerprint density at radius 3 is 2.73 bits per heavy atom. The molecule has 2 aliphatic rings. The number of nitrogens with one attached hydrogen (secondary N) is 1. The molecule has 2 aliphatic heterocycles. The molecule has 1 fully saturated rings. The van der Waals surface area contributed by atoms with Crippen LogP contribution < -0.4 is 10.2 Å². The number of rotatable bonds is 6. The Balaban J connectivity index is 1.36. The van der Waals surface area contributed by atoms with Crippen LogP contribution >= 0.6 is 11.6 Å². The molecular weight excluding hydrogens is 346 g/mol. The molecule has 4 rings (SSSR count). The predicted octanol–water partition coefficient (Wildman–Crippen LogP) is 3.59.